The standard InChI is InChI=1S/C32H42N4O4/c1-5-36(26-10-8-25(33)9-11-26)30-18-24(23-6-12-27(13-7-23)40-15-14-37)17-28(22(30)4)31(38)34-19-29-20(2)16-21(3)35-32(29)39/h6-7,12-13,16-18,25-26,37H,5,8-11,14-15,19,33H2,1-4H3,(H,34,38)(H,35,39). The molecule has 8 heteroatoms. The van der Waals surface area contributed by atoms with Crippen LogP contribution in [0.25, 0.3) is 11.1 Å². The fraction of sp³-hybridized carbons (Fsp3) is 0.438. The molecule has 1 amide bonds. The van der Waals surface area contributed by atoms with Crippen LogP contribution in [0.15, 0.2) is 47.3 Å². The van der Waals surface area contributed by atoms with Crippen LogP contribution in [0.1, 0.15) is 65.3 Å². The first-order valence-electron chi connectivity index (χ1n) is 14.2. The van der Waals surface area contributed by atoms with E-state index in [0.717, 1.165) is 65.9 Å². The van der Waals surface area contributed by atoms with Crippen LogP contribution in [0, 0.1) is 20.8 Å². The Morgan fingerprint density at radius 3 is 2.40 bits per heavy atom. The second-order valence-corrected chi connectivity index (χ2v) is 10.7. The van der Waals surface area contributed by atoms with Crippen molar-refractivity contribution in [2.75, 3.05) is 24.7 Å². The summed E-state index contributed by atoms with van der Waals surface area (Å²) in [4.78, 5) is 31.4. The predicted octanol–water partition coefficient (Wildman–Crippen LogP) is 4.36. The number of hydrogen-bond acceptors (Lipinski definition) is 6. The molecule has 3 aromatic rings. The number of aryl methyl sites for hydroxylation is 2. The molecule has 0 radical (unpaired) electrons. The third-order valence-electron chi connectivity index (χ3n) is 7.92. The number of aliphatic hydroxyl groups excluding tert-OH is 1. The fourth-order valence-electron chi connectivity index (χ4n) is 5.71. The highest BCUT2D eigenvalue weighted by atomic mass is 16.5. The molecular weight excluding hydrogens is 504 g/mol. The van der Waals surface area contributed by atoms with E-state index in [-0.39, 0.29) is 37.3 Å². The Kier molecular flexibility index (Phi) is 9.66. The van der Waals surface area contributed by atoms with Gasteiger partial charge in [0.25, 0.3) is 11.5 Å². The molecule has 0 saturated heterocycles. The van der Waals surface area contributed by atoms with Crippen LogP contribution in [0.5, 0.6) is 5.75 Å². The molecule has 4 rings (SSSR count). The lowest BCUT2D eigenvalue weighted by Crippen LogP contribution is -2.41. The summed E-state index contributed by atoms with van der Waals surface area (Å²) in [5, 5.41) is 12.1. The number of H-pyrrole nitrogens is 1. The summed E-state index contributed by atoms with van der Waals surface area (Å²) in [6, 6.07) is 14.3. The van der Waals surface area contributed by atoms with Crippen molar-refractivity contribution in [2.24, 2.45) is 5.73 Å². The minimum Gasteiger partial charge on any atom is -0.491 e. The van der Waals surface area contributed by atoms with Crippen LogP contribution < -0.4 is 26.2 Å². The zero-order chi connectivity index (χ0) is 28.8. The number of nitrogens with two attached hydrogens (primary N) is 1. The lowest BCUT2D eigenvalue weighted by molar-refractivity contribution is 0.0950. The van der Waals surface area contributed by atoms with Crippen molar-refractivity contribution in [3.63, 3.8) is 0 Å². The molecule has 1 fully saturated rings. The largest absolute Gasteiger partial charge is 0.491 e. The molecule has 8 nitrogen and oxygen atoms in total. The molecule has 1 heterocycles. The molecule has 0 atom stereocenters. The number of benzene rings is 2. The Bertz CT molecular complexity index is 1370. The number of aliphatic hydroxyl groups is 1. The van der Waals surface area contributed by atoms with E-state index in [2.05, 4.69) is 28.2 Å². The van der Waals surface area contributed by atoms with Gasteiger partial charge in [-0.05, 0) is 106 Å². The van der Waals surface area contributed by atoms with Gasteiger partial charge in [-0.15, -0.1) is 0 Å². The minimum absolute atomic E-state index is 0.0472. The van der Waals surface area contributed by atoms with Crippen LogP contribution in [0.2, 0.25) is 0 Å². The first-order chi connectivity index (χ1) is 19.2. The van der Waals surface area contributed by atoms with Gasteiger partial charge in [0, 0.05) is 47.7 Å². The number of nitrogens with one attached hydrogen (secondary N) is 2. The molecule has 214 valence electrons. The summed E-state index contributed by atoms with van der Waals surface area (Å²) >= 11 is 0. The number of amides is 1. The van der Waals surface area contributed by atoms with E-state index in [0.29, 0.717) is 22.9 Å². The van der Waals surface area contributed by atoms with E-state index in [1.54, 1.807) is 0 Å². The number of aromatic nitrogens is 1. The number of carbonyl (C=O) groups excluding carboxylic acids is 1. The van der Waals surface area contributed by atoms with Crippen molar-refractivity contribution in [3.05, 3.63) is 80.8 Å². The molecule has 0 aliphatic heterocycles. The highest BCUT2D eigenvalue weighted by molar-refractivity contribution is 5.99. The quantitative estimate of drug-likeness (QED) is 0.300. The van der Waals surface area contributed by atoms with E-state index in [4.69, 9.17) is 15.6 Å². The van der Waals surface area contributed by atoms with E-state index in [1.165, 1.54) is 0 Å². The summed E-state index contributed by atoms with van der Waals surface area (Å²) in [7, 11) is 0. The molecule has 2 aromatic carbocycles. The van der Waals surface area contributed by atoms with Crippen molar-refractivity contribution >= 4 is 11.6 Å². The predicted molar refractivity (Wildman–Crippen MR) is 160 cm³/mol. The molecule has 1 aliphatic carbocycles. The van der Waals surface area contributed by atoms with Crippen molar-refractivity contribution in [2.45, 2.75) is 72.0 Å². The van der Waals surface area contributed by atoms with Crippen molar-refractivity contribution in [3.8, 4) is 16.9 Å². The molecule has 1 aromatic heterocycles. The van der Waals surface area contributed by atoms with Gasteiger partial charge in [-0.2, -0.15) is 0 Å². The Balaban J connectivity index is 1.71. The maximum absolute atomic E-state index is 13.7. The van der Waals surface area contributed by atoms with Gasteiger partial charge < -0.3 is 30.8 Å². The van der Waals surface area contributed by atoms with Gasteiger partial charge >= 0.3 is 0 Å². The maximum Gasteiger partial charge on any atom is 0.253 e. The van der Waals surface area contributed by atoms with Gasteiger partial charge in [0.05, 0.1) is 6.61 Å². The van der Waals surface area contributed by atoms with E-state index >= 15 is 0 Å². The molecule has 1 aliphatic rings. The van der Waals surface area contributed by atoms with Gasteiger partial charge in [-0.3, -0.25) is 9.59 Å². The molecule has 0 unspecified atom stereocenters. The molecule has 0 spiro atoms. The van der Waals surface area contributed by atoms with Gasteiger partial charge in [0.2, 0.25) is 0 Å². The average molecular weight is 547 g/mol. The van der Waals surface area contributed by atoms with Crippen LogP contribution in [-0.4, -0.2) is 47.8 Å². The Morgan fingerprint density at radius 2 is 1.77 bits per heavy atom. The maximum atomic E-state index is 13.7. The van der Waals surface area contributed by atoms with Gasteiger partial charge in [0.1, 0.15) is 12.4 Å². The minimum atomic E-state index is -0.218. The second-order valence-electron chi connectivity index (χ2n) is 10.7. The zero-order valence-corrected chi connectivity index (χ0v) is 24.0. The summed E-state index contributed by atoms with van der Waals surface area (Å²) in [5.41, 5.74) is 12.6. The van der Waals surface area contributed by atoms with Crippen LogP contribution in [0.4, 0.5) is 5.69 Å². The number of ether oxygens (including phenoxy) is 1. The normalized spacial score (nSPS) is 16.9. The van der Waals surface area contributed by atoms with E-state index in [1.807, 2.05) is 57.2 Å². The first kappa shape index (κ1) is 29.4. The smallest absolute Gasteiger partial charge is 0.253 e. The Hall–Kier alpha value is -3.62. The Morgan fingerprint density at radius 1 is 1.07 bits per heavy atom. The molecule has 5 N–H and O–H groups in total. The second kappa shape index (κ2) is 13.2. The number of aromatic amines is 1. The lowest BCUT2D eigenvalue weighted by Gasteiger charge is -2.38. The topological polar surface area (TPSA) is 121 Å². The fourth-order valence-corrected chi connectivity index (χ4v) is 5.71. The third kappa shape index (κ3) is 6.74. The number of pyridine rings is 1. The zero-order valence-electron chi connectivity index (χ0n) is 24.0. The number of hydrogen-bond donors (Lipinski definition) is 4. The number of anilines is 1. The van der Waals surface area contributed by atoms with Gasteiger partial charge in [-0.1, -0.05) is 12.1 Å². The summed E-state index contributed by atoms with van der Waals surface area (Å²) < 4.78 is 5.53. The van der Waals surface area contributed by atoms with Crippen LogP contribution in [-0.2, 0) is 6.54 Å². The SMILES string of the molecule is CCN(c1cc(-c2ccc(OCCO)cc2)cc(C(=O)NCc2c(C)cc(C)[nH]c2=O)c1C)C1CCC(N)CC1. The Labute approximate surface area is 236 Å². The highest BCUT2D eigenvalue weighted by Gasteiger charge is 2.26. The number of nitrogens with zero attached hydrogens (tertiary/aromatic N) is 1. The highest BCUT2D eigenvalue weighted by Crippen LogP contribution is 2.35. The van der Waals surface area contributed by atoms with E-state index < -0.39 is 0 Å². The van der Waals surface area contributed by atoms with Crippen molar-refractivity contribution in [1.29, 1.82) is 0 Å². The van der Waals surface area contributed by atoms with E-state index in [9.17, 15) is 9.59 Å². The van der Waals surface area contributed by atoms with Crippen LogP contribution >= 0.6 is 0 Å². The van der Waals surface area contributed by atoms with Crippen molar-refractivity contribution < 1.29 is 14.6 Å². The summed E-state index contributed by atoms with van der Waals surface area (Å²) in [6.07, 6.45) is 4.03. The molecule has 0 bridgehead atoms. The van der Waals surface area contributed by atoms with Gasteiger partial charge in [-0.25, -0.2) is 0 Å². The van der Waals surface area contributed by atoms with Crippen LogP contribution in [0.3, 0.4) is 0 Å². The molecule has 40 heavy (non-hydrogen) atoms. The lowest BCUT2D eigenvalue weighted by atomic mass is 9.89. The monoisotopic (exact) mass is 546 g/mol. The van der Waals surface area contributed by atoms with Gasteiger partial charge in [0.15, 0.2) is 0 Å². The average Bonchev–Trinajstić information content (AvgIpc) is 2.93. The molecular formula is C32H42N4O4. The number of carbonyl (C=O) groups is 1. The third-order valence-corrected chi connectivity index (χ3v) is 7.92. The van der Waals surface area contributed by atoms with Crippen molar-refractivity contribution in [1.82, 2.24) is 10.3 Å². The first-order valence-corrected chi connectivity index (χ1v) is 14.2. The molecule has 1 saturated carbocycles. The number of rotatable bonds is 10. The summed E-state index contributed by atoms with van der Waals surface area (Å²) in [5.74, 6) is 0.458. The summed E-state index contributed by atoms with van der Waals surface area (Å²) in [6.45, 7) is 9.04.